The summed E-state index contributed by atoms with van der Waals surface area (Å²) in [4.78, 5) is 4.49. The van der Waals surface area contributed by atoms with E-state index in [1.807, 2.05) is 6.92 Å². The minimum absolute atomic E-state index is 0.316. The van der Waals surface area contributed by atoms with Gasteiger partial charge in [-0.3, -0.25) is 0 Å². The Morgan fingerprint density at radius 1 is 1.55 bits per heavy atom. The molecule has 2 N–H and O–H groups in total. The Labute approximate surface area is 120 Å². The molecule has 1 heterocycles. The molecule has 1 aliphatic rings. The smallest absolute Gasteiger partial charge is 0.257 e. The molecule has 1 aromatic heterocycles. The summed E-state index contributed by atoms with van der Waals surface area (Å²) in [6.45, 7) is 5.20. The van der Waals surface area contributed by atoms with Gasteiger partial charge in [0, 0.05) is 20.3 Å². The van der Waals surface area contributed by atoms with Crippen LogP contribution in [0.1, 0.15) is 57.3 Å². The molecule has 6 heteroatoms. The summed E-state index contributed by atoms with van der Waals surface area (Å²) in [5.74, 6) is 1.67. The van der Waals surface area contributed by atoms with Gasteiger partial charge in [-0.15, -0.1) is 0 Å². The van der Waals surface area contributed by atoms with Gasteiger partial charge in [-0.2, -0.15) is 4.98 Å². The number of aromatic nitrogens is 2. The highest BCUT2D eigenvalue weighted by Crippen LogP contribution is 2.41. The zero-order chi connectivity index (χ0) is 14.6. The molecule has 0 aliphatic heterocycles. The van der Waals surface area contributed by atoms with Crippen molar-refractivity contribution in [3.8, 4) is 0 Å². The van der Waals surface area contributed by atoms with Gasteiger partial charge in [0.1, 0.15) is 11.7 Å². The van der Waals surface area contributed by atoms with Crippen LogP contribution in [0.15, 0.2) is 4.52 Å². The van der Waals surface area contributed by atoms with Crippen molar-refractivity contribution in [1.29, 1.82) is 0 Å². The number of rotatable bonds is 6. The standard InChI is InChI=1S/C14H25N3O3/c1-4-19-14(7-5-6-10(2)8-14)13-16-12(20-17-13)11(9-15)18-3/h10-11H,4-9,15H2,1-3H3. The molecule has 0 saturated heterocycles. The quantitative estimate of drug-likeness (QED) is 0.861. The first-order chi connectivity index (χ1) is 9.65. The zero-order valence-corrected chi connectivity index (χ0v) is 12.6. The van der Waals surface area contributed by atoms with Crippen molar-refractivity contribution in [2.75, 3.05) is 20.3 Å². The SMILES string of the molecule is CCOC1(c2noc(C(CN)OC)n2)CCCC(C)C1. The predicted octanol–water partition coefficient (Wildman–Crippen LogP) is 2.16. The first-order valence-electron chi connectivity index (χ1n) is 7.36. The molecule has 1 saturated carbocycles. The molecule has 114 valence electrons. The Bertz CT molecular complexity index is 416. The van der Waals surface area contributed by atoms with Gasteiger partial charge in [0.2, 0.25) is 5.82 Å². The maximum absolute atomic E-state index is 6.03. The van der Waals surface area contributed by atoms with Gasteiger partial charge in [-0.25, -0.2) is 0 Å². The third kappa shape index (κ3) is 3.02. The molecule has 3 unspecified atom stereocenters. The van der Waals surface area contributed by atoms with Crippen LogP contribution in [0.25, 0.3) is 0 Å². The van der Waals surface area contributed by atoms with Crippen LogP contribution < -0.4 is 5.73 Å². The van der Waals surface area contributed by atoms with Gasteiger partial charge in [-0.1, -0.05) is 18.5 Å². The molecule has 0 spiro atoms. The van der Waals surface area contributed by atoms with Gasteiger partial charge in [0.15, 0.2) is 0 Å². The molecule has 1 aliphatic carbocycles. The van der Waals surface area contributed by atoms with Crippen molar-refractivity contribution in [2.24, 2.45) is 11.7 Å². The summed E-state index contributed by atoms with van der Waals surface area (Å²) in [6, 6.07) is 0. The van der Waals surface area contributed by atoms with Crippen LogP contribution in [0.2, 0.25) is 0 Å². The van der Waals surface area contributed by atoms with Crippen LogP contribution in [-0.4, -0.2) is 30.4 Å². The second kappa shape index (κ2) is 6.65. The molecule has 0 radical (unpaired) electrons. The second-order valence-electron chi connectivity index (χ2n) is 5.55. The number of nitrogens with zero attached hydrogens (tertiary/aromatic N) is 2. The highest BCUT2D eigenvalue weighted by molar-refractivity contribution is 5.05. The number of ether oxygens (including phenoxy) is 2. The van der Waals surface area contributed by atoms with Crippen molar-refractivity contribution in [1.82, 2.24) is 10.1 Å². The van der Waals surface area contributed by atoms with Gasteiger partial charge < -0.3 is 19.7 Å². The van der Waals surface area contributed by atoms with E-state index in [0.29, 0.717) is 30.8 Å². The molecule has 1 fully saturated rings. The molecular weight excluding hydrogens is 258 g/mol. The molecule has 6 nitrogen and oxygen atoms in total. The molecule has 3 atom stereocenters. The lowest BCUT2D eigenvalue weighted by Gasteiger charge is -2.37. The van der Waals surface area contributed by atoms with E-state index < -0.39 is 5.60 Å². The Morgan fingerprint density at radius 3 is 2.95 bits per heavy atom. The van der Waals surface area contributed by atoms with Crippen LogP contribution in [-0.2, 0) is 15.1 Å². The van der Waals surface area contributed by atoms with Crippen LogP contribution >= 0.6 is 0 Å². The third-order valence-corrected chi connectivity index (χ3v) is 4.00. The number of nitrogens with two attached hydrogens (primary N) is 1. The summed E-state index contributed by atoms with van der Waals surface area (Å²) < 4.78 is 16.6. The monoisotopic (exact) mass is 283 g/mol. The van der Waals surface area contributed by atoms with Crippen LogP contribution in [0.4, 0.5) is 0 Å². The second-order valence-corrected chi connectivity index (χ2v) is 5.55. The Hall–Kier alpha value is -0.980. The molecule has 1 aromatic rings. The molecule has 0 bridgehead atoms. The van der Waals surface area contributed by atoms with Gasteiger partial charge in [-0.05, 0) is 32.1 Å². The van der Waals surface area contributed by atoms with Crippen molar-refractivity contribution in [2.45, 2.75) is 51.2 Å². The van der Waals surface area contributed by atoms with Crippen LogP contribution in [0.3, 0.4) is 0 Å². The van der Waals surface area contributed by atoms with E-state index >= 15 is 0 Å². The lowest BCUT2D eigenvalue weighted by Crippen LogP contribution is -2.36. The fourth-order valence-electron chi connectivity index (χ4n) is 3.03. The minimum atomic E-state index is -0.416. The van der Waals surface area contributed by atoms with Crippen molar-refractivity contribution in [3.05, 3.63) is 11.7 Å². The average Bonchev–Trinajstić information content (AvgIpc) is 2.91. The van der Waals surface area contributed by atoms with Crippen molar-refractivity contribution in [3.63, 3.8) is 0 Å². The van der Waals surface area contributed by atoms with E-state index in [0.717, 1.165) is 19.3 Å². The molecule has 0 amide bonds. The Morgan fingerprint density at radius 2 is 2.35 bits per heavy atom. The highest BCUT2D eigenvalue weighted by Gasteiger charge is 2.41. The maximum Gasteiger partial charge on any atom is 0.257 e. The van der Waals surface area contributed by atoms with E-state index in [-0.39, 0.29) is 6.10 Å². The fraction of sp³-hybridized carbons (Fsp3) is 0.857. The van der Waals surface area contributed by atoms with E-state index in [4.69, 9.17) is 19.7 Å². The summed E-state index contributed by atoms with van der Waals surface area (Å²) in [7, 11) is 1.59. The maximum atomic E-state index is 6.03. The van der Waals surface area contributed by atoms with E-state index in [1.54, 1.807) is 7.11 Å². The summed E-state index contributed by atoms with van der Waals surface area (Å²) in [5, 5.41) is 4.14. The lowest BCUT2D eigenvalue weighted by molar-refractivity contribution is -0.0891. The Balaban J connectivity index is 2.25. The first-order valence-corrected chi connectivity index (χ1v) is 7.36. The molecular formula is C14H25N3O3. The minimum Gasteiger partial charge on any atom is -0.370 e. The normalized spacial score (nSPS) is 28.5. The van der Waals surface area contributed by atoms with Gasteiger partial charge >= 0.3 is 0 Å². The lowest BCUT2D eigenvalue weighted by atomic mass is 9.78. The molecule has 20 heavy (non-hydrogen) atoms. The molecule has 0 aromatic carbocycles. The third-order valence-electron chi connectivity index (χ3n) is 4.00. The summed E-state index contributed by atoms with van der Waals surface area (Å²) in [5.41, 5.74) is 5.22. The number of methoxy groups -OCH3 is 1. The predicted molar refractivity (Wildman–Crippen MR) is 74.0 cm³/mol. The van der Waals surface area contributed by atoms with Gasteiger partial charge in [0.25, 0.3) is 5.89 Å². The highest BCUT2D eigenvalue weighted by atomic mass is 16.5. The Kier molecular flexibility index (Phi) is 5.12. The summed E-state index contributed by atoms with van der Waals surface area (Å²) in [6.07, 6.45) is 3.86. The fourth-order valence-corrected chi connectivity index (χ4v) is 3.03. The van der Waals surface area contributed by atoms with Gasteiger partial charge in [0.05, 0.1) is 0 Å². The van der Waals surface area contributed by atoms with E-state index in [1.165, 1.54) is 6.42 Å². The van der Waals surface area contributed by atoms with E-state index in [2.05, 4.69) is 17.1 Å². The average molecular weight is 283 g/mol. The largest absolute Gasteiger partial charge is 0.370 e. The van der Waals surface area contributed by atoms with Crippen molar-refractivity contribution < 1.29 is 14.0 Å². The summed E-state index contributed by atoms with van der Waals surface area (Å²) >= 11 is 0. The molecule has 2 rings (SSSR count). The van der Waals surface area contributed by atoms with Crippen LogP contribution in [0, 0.1) is 5.92 Å². The van der Waals surface area contributed by atoms with Crippen LogP contribution in [0.5, 0.6) is 0 Å². The topological polar surface area (TPSA) is 83.4 Å². The van der Waals surface area contributed by atoms with E-state index in [9.17, 15) is 0 Å². The number of hydrogen-bond acceptors (Lipinski definition) is 6. The first kappa shape index (κ1) is 15.4. The van der Waals surface area contributed by atoms with Crippen molar-refractivity contribution >= 4 is 0 Å². The zero-order valence-electron chi connectivity index (χ0n) is 12.6. The number of hydrogen-bond donors (Lipinski definition) is 1.